The minimum absolute atomic E-state index is 0.0606. The van der Waals surface area contributed by atoms with Crippen molar-refractivity contribution < 1.29 is 14.3 Å². The van der Waals surface area contributed by atoms with Crippen molar-refractivity contribution in [3.05, 3.63) is 28.8 Å². The Labute approximate surface area is 117 Å². The molecule has 0 atom stereocenters. The van der Waals surface area contributed by atoms with Crippen molar-refractivity contribution in [1.82, 2.24) is 4.90 Å². The Morgan fingerprint density at radius 3 is 2.68 bits per heavy atom. The molecule has 0 N–H and O–H groups in total. The Balaban J connectivity index is 2.02. The van der Waals surface area contributed by atoms with Crippen molar-refractivity contribution in [3.8, 4) is 5.75 Å². The predicted molar refractivity (Wildman–Crippen MR) is 72.7 cm³/mol. The van der Waals surface area contributed by atoms with E-state index < -0.39 is 0 Å². The lowest BCUT2D eigenvalue weighted by atomic mass is 10.1. The van der Waals surface area contributed by atoms with Crippen LogP contribution in [0.3, 0.4) is 0 Å². The van der Waals surface area contributed by atoms with Crippen LogP contribution in [-0.4, -0.2) is 36.3 Å². The first-order valence-corrected chi connectivity index (χ1v) is 6.56. The van der Waals surface area contributed by atoms with Crippen LogP contribution in [0.25, 0.3) is 0 Å². The van der Waals surface area contributed by atoms with E-state index in [-0.39, 0.29) is 18.3 Å². The number of carbonyl (C=O) groups excluding carboxylic acids is 2. The van der Waals surface area contributed by atoms with Gasteiger partial charge < -0.3 is 9.64 Å². The molecule has 1 aliphatic carbocycles. The number of ketones is 1. The van der Waals surface area contributed by atoms with E-state index in [2.05, 4.69) is 0 Å². The minimum Gasteiger partial charge on any atom is -0.483 e. The molecule has 0 aromatic heterocycles. The molecule has 1 aliphatic rings. The monoisotopic (exact) mass is 281 g/mol. The summed E-state index contributed by atoms with van der Waals surface area (Å²) < 4.78 is 5.44. The maximum Gasteiger partial charge on any atom is 0.260 e. The smallest absolute Gasteiger partial charge is 0.260 e. The van der Waals surface area contributed by atoms with Gasteiger partial charge in [0, 0.05) is 18.1 Å². The molecule has 4 nitrogen and oxygen atoms in total. The highest BCUT2D eigenvalue weighted by Gasteiger charge is 2.29. The highest BCUT2D eigenvalue weighted by atomic mass is 35.5. The summed E-state index contributed by atoms with van der Waals surface area (Å²) in [5, 5.41) is 0.471. The number of rotatable bonds is 5. The molecule has 1 aromatic carbocycles. The fourth-order valence-electron chi connectivity index (χ4n) is 1.81. The van der Waals surface area contributed by atoms with Crippen LogP contribution in [-0.2, 0) is 4.79 Å². The molecule has 0 saturated heterocycles. The molecule has 19 heavy (non-hydrogen) atoms. The first-order valence-electron chi connectivity index (χ1n) is 6.18. The van der Waals surface area contributed by atoms with Gasteiger partial charge in [0.15, 0.2) is 12.4 Å². The summed E-state index contributed by atoms with van der Waals surface area (Å²) in [4.78, 5) is 25.0. The third-order valence-electron chi connectivity index (χ3n) is 3.16. The van der Waals surface area contributed by atoms with Gasteiger partial charge in [-0.05, 0) is 38.0 Å². The van der Waals surface area contributed by atoms with Crippen LogP contribution in [0.5, 0.6) is 5.75 Å². The number of Topliss-reactive ketones (excluding diaryl/α,β-unsaturated/α-hetero) is 1. The standard InChI is InChI=1S/C14H16ClNO3/c1-9(17)12-7-10(15)3-6-13(12)19-8-14(18)16(2)11-4-5-11/h3,6-7,11H,4-5,8H2,1-2H3. The number of nitrogens with zero attached hydrogens (tertiary/aromatic N) is 1. The lowest BCUT2D eigenvalue weighted by molar-refractivity contribution is -0.132. The summed E-state index contributed by atoms with van der Waals surface area (Å²) in [5.41, 5.74) is 0.398. The second-order valence-electron chi connectivity index (χ2n) is 4.72. The Hall–Kier alpha value is -1.55. The Bertz CT molecular complexity index is 511. The largest absolute Gasteiger partial charge is 0.483 e. The summed E-state index contributed by atoms with van der Waals surface area (Å²) in [7, 11) is 1.77. The number of hydrogen-bond acceptors (Lipinski definition) is 3. The van der Waals surface area contributed by atoms with Crippen molar-refractivity contribution in [3.63, 3.8) is 0 Å². The number of hydrogen-bond donors (Lipinski definition) is 0. The van der Waals surface area contributed by atoms with Crippen LogP contribution in [0.2, 0.25) is 5.02 Å². The van der Waals surface area contributed by atoms with Crippen molar-refractivity contribution in [2.24, 2.45) is 0 Å². The molecule has 5 heteroatoms. The molecular formula is C14H16ClNO3. The van der Waals surface area contributed by atoms with Gasteiger partial charge >= 0.3 is 0 Å². The number of benzene rings is 1. The van der Waals surface area contributed by atoms with E-state index in [9.17, 15) is 9.59 Å². The van der Waals surface area contributed by atoms with Crippen LogP contribution in [0, 0.1) is 0 Å². The van der Waals surface area contributed by atoms with Crippen molar-refractivity contribution >= 4 is 23.3 Å². The van der Waals surface area contributed by atoms with Gasteiger partial charge in [0.2, 0.25) is 0 Å². The molecule has 0 spiro atoms. The normalized spacial score (nSPS) is 14.1. The highest BCUT2D eigenvalue weighted by molar-refractivity contribution is 6.31. The van der Waals surface area contributed by atoms with Crippen molar-refractivity contribution in [1.29, 1.82) is 0 Å². The SMILES string of the molecule is CC(=O)c1cc(Cl)ccc1OCC(=O)N(C)C1CC1. The number of ether oxygens (including phenoxy) is 1. The molecule has 1 amide bonds. The zero-order chi connectivity index (χ0) is 14.0. The van der Waals surface area contributed by atoms with Crippen LogP contribution >= 0.6 is 11.6 Å². The summed E-state index contributed by atoms with van der Waals surface area (Å²) in [6, 6.07) is 5.16. The van der Waals surface area contributed by atoms with Crippen molar-refractivity contribution in [2.45, 2.75) is 25.8 Å². The zero-order valence-corrected chi connectivity index (χ0v) is 11.7. The lowest BCUT2D eigenvalue weighted by Gasteiger charge is -2.17. The van der Waals surface area contributed by atoms with E-state index in [0.29, 0.717) is 22.4 Å². The Morgan fingerprint density at radius 2 is 2.11 bits per heavy atom. The summed E-state index contributed by atoms with van der Waals surface area (Å²) in [5.74, 6) is 0.182. The van der Waals surface area contributed by atoms with Crippen LogP contribution in [0.1, 0.15) is 30.1 Å². The molecule has 0 bridgehead atoms. The van der Waals surface area contributed by atoms with E-state index in [0.717, 1.165) is 12.8 Å². The van der Waals surface area contributed by atoms with Gasteiger partial charge in [-0.2, -0.15) is 0 Å². The third kappa shape index (κ3) is 3.47. The van der Waals surface area contributed by atoms with E-state index >= 15 is 0 Å². The van der Waals surface area contributed by atoms with E-state index in [1.54, 1.807) is 30.1 Å². The first kappa shape index (κ1) is 13.9. The Kier molecular flexibility index (Phi) is 4.10. The zero-order valence-electron chi connectivity index (χ0n) is 11.0. The summed E-state index contributed by atoms with van der Waals surface area (Å²) in [6.07, 6.45) is 2.11. The quantitative estimate of drug-likeness (QED) is 0.779. The number of carbonyl (C=O) groups is 2. The molecule has 0 radical (unpaired) electrons. The maximum absolute atomic E-state index is 11.8. The molecule has 0 heterocycles. The van der Waals surface area contributed by atoms with Gasteiger partial charge in [-0.1, -0.05) is 11.6 Å². The van der Waals surface area contributed by atoms with Gasteiger partial charge in [0.1, 0.15) is 5.75 Å². The lowest BCUT2D eigenvalue weighted by Crippen LogP contribution is -2.33. The molecule has 1 fully saturated rings. The topological polar surface area (TPSA) is 46.6 Å². The van der Waals surface area contributed by atoms with Crippen LogP contribution in [0.15, 0.2) is 18.2 Å². The number of likely N-dealkylation sites (N-methyl/N-ethyl adjacent to an activating group) is 1. The van der Waals surface area contributed by atoms with E-state index in [4.69, 9.17) is 16.3 Å². The number of amides is 1. The van der Waals surface area contributed by atoms with Crippen LogP contribution in [0.4, 0.5) is 0 Å². The summed E-state index contributed by atoms with van der Waals surface area (Å²) in [6.45, 7) is 1.38. The third-order valence-corrected chi connectivity index (χ3v) is 3.40. The fraction of sp³-hybridized carbons (Fsp3) is 0.429. The molecule has 0 aliphatic heterocycles. The molecule has 1 aromatic rings. The Morgan fingerprint density at radius 1 is 1.42 bits per heavy atom. The minimum atomic E-state index is -0.138. The molecular weight excluding hydrogens is 266 g/mol. The molecule has 2 rings (SSSR count). The molecule has 1 saturated carbocycles. The van der Waals surface area contributed by atoms with Gasteiger partial charge in [-0.25, -0.2) is 0 Å². The average molecular weight is 282 g/mol. The maximum atomic E-state index is 11.8. The molecule has 0 unspecified atom stereocenters. The second kappa shape index (κ2) is 5.61. The highest BCUT2D eigenvalue weighted by Crippen LogP contribution is 2.26. The fourth-order valence-corrected chi connectivity index (χ4v) is 1.98. The van der Waals surface area contributed by atoms with Gasteiger partial charge in [-0.15, -0.1) is 0 Å². The van der Waals surface area contributed by atoms with Gasteiger partial charge in [0.05, 0.1) is 5.56 Å². The first-order chi connectivity index (χ1) is 8.99. The second-order valence-corrected chi connectivity index (χ2v) is 5.16. The van der Waals surface area contributed by atoms with E-state index in [1.165, 1.54) is 6.92 Å². The van der Waals surface area contributed by atoms with Crippen molar-refractivity contribution in [2.75, 3.05) is 13.7 Å². The van der Waals surface area contributed by atoms with E-state index in [1.807, 2.05) is 0 Å². The predicted octanol–water partition coefficient (Wildman–Crippen LogP) is 2.54. The molecule has 102 valence electrons. The van der Waals surface area contributed by atoms with Gasteiger partial charge in [-0.3, -0.25) is 9.59 Å². The average Bonchev–Trinajstić information content (AvgIpc) is 3.20. The number of halogens is 1. The van der Waals surface area contributed by atoms with Crippen LogP contribution < -0.4 is 4.74 Å². The summed E-state index contributed by atoms with van der Waals surface area (Å²) >= 11 is 5.84. The van der Waals surface area contributed by atoms with Gasteiger partial charge in [0.25, 0.3) is 5.91 Å².